The molecule has 0 unspecified atom stereocenters. The van der Waals surface area contributed by atoms with Crippen molar-refractivity contribution in [3.63, 3.8) is 0 Å². The smallest absolute Gasteiger partial charge is 0.224 e. The van der Waals surface area contributed by atoms with Crippen LogP contribution in [0.4, 0.5) is 16.2 Å². The molecule has 0 aliphatic rings. The van der Waals surface area contributed by atoms with Gasteiger partial charge >= 0.3 is 0 Å². The maximum Gasteiger partial charge on any atom is 0.224 e. The van der Waals surface area contributed by atoms with Crippen LogP contribution in [0, 0.1) is 5.82 Å². The summed E-state index contributed by atoms with van der Waals surface area (Å²) in [6, 6.07) is 7.79. The Labute approximate surface area is 92.3 Å². The molecule has 2 rings (SSSR count). The lowest BCUT2D eigenvalue weighted by atomic mass is 10.1. The van der Waals surface area contributed by atoms with Crippen LogP contribution in [-0.4, -0.2) is 17.0 Å². The van der Waals surface area contributed by atoms with Crippen molar-refractivity contribution in [3.8, 4) is 11.3 Å². The summed E-state index contributed by atoms with van der Waals surface area (Å²) in [6.07, 6.45) is 0. The molecule has 0 aliphatic heterocycles. The summed E-state index contributed by atoms with van der Waals surface area (Å²) in [7, 11) is 1.70. The highest BCUT2D eigenvalue weighted by Crippen LogP contribution is 2.20. The van der Waals surface area contributed by atoms with E-state index in [0.29, 0.717) is 23.0 Å². The maximum absolute atomic E-state index is 13.0. The Morgan fingerprint density at radius 3 is 2.75 bits per heavy atom. The molecule has 0 bridgehead atoms. The number of rotatable bonds is 2. The zero-order chi connectivity index (χ0) is 11.5. The highest BCUT2D eigenvalue weighted by Gasteiger charge is 2.04. The predicted molar refractivity (Wildman–Crippen MR) is 61.4 cm³/mol. The summed E-state index contributed by atoms with van der Waals surface area (Å²) in [5.41, 5.74) is 6.89. The van der Waals surface area contributed by atoms with Gasteiger partial charge in [0.2, 0.25) is 5.95 Å². The molecule has 1 aromatic heterocycles. The van der Waals surface area contributed by atoms with Crippen molar-refractivity contribution < 1.29 is 4.39 Å². The molecule has 0 spiro atoms. The molecule has 0 atom stereocenters. The third-order valence-corrected chi connectivity index (χ3v) is 2.09. The lowest BCUT2D eigenvalue weighted by Gasteiger charge is -2.05. The van der Waals surface area contributed by atoms with Gasteiger partial charge in [-0.3, -0.25) is 0 Å². The number of nitrogen functional groups attached to an aromatic ring is 1. The van der Waals surface area contributed by atoms with Crippen LogP contribution in [0.5, 0.6) is 0 Å². The van der Waals surface area contributed by atoms with Gasteiger partial charge in [0, 0.05) is 18.7 Å². The van der Waals surface area contributed by atoms with E-state index in [9.17, 15) is 4.39 Å². The first-order valence-electron chi connectivity index (χ1n) is 4.77. The first-order valence-corrected chi connectivity index (χ1v) is 4.77. The second-order valence-electron chi connectivity index (χ2n) is 3.26. The molecule has 3 N–H and O–H groups in total. The number of aromatic nitrogens is 2. The minimum Gasteiger partial charge on any atom is -0.384 e. The van der Waals surface area contributed by atoms with Gasteiger partial charge in [0.15, 0.2) is 0 Å². The molecule has 0 saturated carbocycles. The van der Waals surface area contributed by atoms with Crippen molar-refractivity contribution >= 4 is 11.8 Å². The van der Waals surface area contributed by atoms with Gasteiger partial charge in [0.05, 0.1) is 5.69 Å². The van der Waals surface area contributed by atoms with Crippen LogP contribution >= 0.6 is 0 Å². The molecule has 0 radical (unpaired) electrons. The van der Waals surface area contributed by atoms with Crippen LogP contribution in [0.25, 0.3) is 11.3 Å². The van der Waals surface area contributed by atoms with Crippen molar-refractivity contribution in [1.82, 2.24) is 9.97 Å². The van der Waals surface area contributed by atoms with Crippen LogP contribution in [-0.2, 0) is 0 Å². The molecule has 0 saturated heterocycles. The van der Waals surface area contributed by atoms with E-state index < -0.39 is 0 Å². The number of anilines is 2. The first-order chi connectivity index (χ1) is 7.69. The topological polar surface area (TPSA) is 63.8 Å². The molecule has 0 amide bonds. The van der Waals surface area contributed by atoms with E-state index in [0.717, 1.165) is 0 Å². The molecule has 0 fully saturated rings. The number of nitrogens with one attached hydrogen (secondary N) is 1. The molecular weight excluding hydrogens is 207 g/mol. The van der Waals surface area contributed by atoms with Crippen LogP contribution in [0.15, 0.2) is 30.3 Å². The normalized spacial score (nSPS) is 10.1. The van der Waals surface area contributed by atoms with Crippen molar-refractivity contribution in [1.29, 1.82) is 0 Å². The average Bonchev–Trinajstić information content (AvgIpc) is 2.28. The van der Waals surface area contributed by atoms with E-state index in [4.69, 9.17) is 5.73 Å². The van der Waals surface area contributed by atoms with Gasteiger partial charge in [-0.25, -0.2) is 9.37 Å². The Bertz CT molecular complexity index is 513. The van der Waals surface area contributed by atoms with Gasteiger partial charge < -0.3 is 11.1 Å². The standard InChI is InChI=1S/C11H11FN4/c1-14-11-15-9(6-10(13)16-11)7-3-2-4-8(12)5-7/h2-6H,1H3,(H3,13,14,15,16). The number of hydrogen-bond donors (Lipinski definition) is 2. The summed E-state index contributed by atoms with van der Waals surface area (Å²) >= 11 is 0. The molecule has 16 heavy (non-hydrogen) atoms. The summed E-state index contributed by atoms with van der Waals surface area (Å²) < 4.78 is 13.0. The summed E-state index contributed by atoms with van der Waals surface area (Å²) in [5.74, 6) is 0.457. The number of halogens is 1. The summed E-state index contributed by atoms with van der Waals surface area (Å²) in [5, 5.41) is 2.80. The number of benzene rings is 1. The maximum atomic E-state index is 13.0. The van der Waals surface area contributed by atoms with Gasteiger partial charge in [0.1, 0.15) is 11.6 Å². The van der Waals surface area contributed by atoms with E-state index in [1.165, 1.54) is 12.1 Å². The summed E-state index contributed by atoms with van der Waals surface area (Å²) in [6.45, 7) is 0. The minimum atomic E-state index is -0.305. The Hall–Kier alpha value is -2.17. The molecule has 5 heteroatoms. The highest BCUT2D eigenvalue weighted by atomic mass is 19.1. The van der Waals surface area contributed by atoms with Crippen LogP contribution in [0.2, 0.25) is 0 Å². The van der Waals surface area contributed by atoms with Crippen LogP contribution < -0.4 is 11.1 Å². The third kappa shape index (κ3) is 2.08. The lowest BCUT2D eigenvalue weighted by Crippen LogP contribution is -2.01. The largest absolute Gasteiger partial charge is 0.384 e. The number of hydrogen-bond acceptors (Lipinski definition) is 4. The van der Waals surface area contributed by atoms with Gasteiger partial charge in [-0.15, -0.1) is 0 Å². The van der Waals surface area contributed by atoms with Crippen molar-refractivity contribution in [2.24, 2.45) is 0 Å². The fourth-order valence-corrected chi connectivity index (χ4v) is 1.37. The average molecular weight is 218 g/mol. The van der Waals surface area contributed by atoms with Crippen molar-refractivity contribution in [2.45, 2.75) is 0 Å². The van der Waals surface area contributed by atoms with Crippen LogP contribution in [0.1, 0.15) is 0 Å². The van der Waals surface area contributed by atoms with Crippen molar-refractivity contribution in [3.05, 3.63) is 36.1 Å². The number of nitrogens with zero attached hydrogens (tertiary/aromatic N) is 2. The van der Waals surface area contributed by atoms with Gasteiger partial charge in [-0.05, 0) is 12.1 Å². The molecule has 2 aromatic rings. The minimum absolute atomic E-state index is 0.305. The monoisotopic (exact) mass is 218 g/mol. The van der Waals surface area contributed by atoms with E-state index >= 15 is 0 Å². The Morgan fingerprint density at radius 1 is 1.25 bits per heavy atom. The number of nitrogens with two attached hydrogens (primary N) is 1. The Kier molecular flexibility index (Phi) is 2.68. The lowest BCUT2D eigenvalue weighted by molar-refractivity contribution is 0.628. The third-order valence-electron chi connectivity index (χ3n) is 2.09. The second-order valence-corrected chi connectivity index (χ2v) is 3.26. The van der Waals surface area contributed by atoms with E-state index in [2.05, 4.69) is 15.3 Å². The first kappa shape index (κ1) is 10.4. The van der Waals surface area contributed by atoms with Gasteiger partial charge in [-0.2, -0.15) is 4.98 Å². The zero-order valence-electron chi connectivity index (χ0n) is 8.74. The second kappa shape index (κ2) is 4.14. The van der Waals surface area contributed by atoms with E-state index in [1.54, 1.807) is 25.2 Å². The predicted octanol–water partition coefficient (Wildman–Crippen LogP) is 1.91. The van der Waals surface area contributed by atoms with Gasteiger partial charge in [-0.1, -0.05) is 12.1 Å². The Balaban J connectivity index is 2.51. The molecule has 4 nitrogen and oxygen atoms in total. The summed E-state index contributed by atoms with van der Waals surface area (Å²) in [4.78, 5) is 8.16. The molecule has 82 valence electrons. The fourth-order valence-electron chi connectivity index (χ4n) is 1.37. The molecular formula is C11H11FN4. The van der Waals surface area contributed by atoms with Crippen LogP contribution in [0.3, 0.4) is 0 Å². The van der Waals surface area contributed by atoms with E-state index in [-0.39, 0.29) is 5.82 Å². The van der Waals surface area contributed by atoms with Gasteiger partial charge in [0.25, 0.3) is 0 Å². The highest BCUT2D eigenvalue weighted by molar-refractivity contribution is 5.63. The fraction of sp³-hybridized carbons (Fsp3) is 0.0909. The van der Waals surface area contributed by atoms with Crippen molar-refractivity contribution in [2.75, 3.05) is 18.1 Å². The molecule has 0 aliphatic carbocycles. The molecule has 1 aromatic carbocycles. The molecule has 1 heterocycles. The zero-order valence-corrected chi connectivity index (χ0v) is 8.74. The van der Waals surface area contributed by atoms with E-state index in [1.807, 2.05) is 0 Å². The quantitative estimate of drug-likeness (QED) is 0.808. The SMILES string of the molecule is CNc1nc(N)cc(-c2cccc(F)c2)n1. The Morgan fingerprint density at radius 2 is 2.06 bits per heavy atom.